The Bertz CT molecular complexity index is 994. The normalized spacial score (nSPS) is 22.3. The van der Waals surface area contributed by atoms with Gasteiger partial charge >= 0.3 is 0 Å². The Kier molecular flexibility index (Phi) is 5.43. The molecular formula is C24H26N2O5. The summed E-state index contributed by atoms with van der Waals surface area (Å²) in [5.41, 5.74) is 0.562. The van der Waals surface area contributed by atoms with Crippen LogP contribution in [0.5, 0.6) is 11.5 Å². The van der Waals surface area contributed by atoms with Crippen molar-refractivity contribution < 1.29 is 23.9 Å². The number of likely N-dealkylation sites (tertiary alicyclic amines) is 1. The molecule has 0 bridgehead atoms. The standard InChI is InChI=1S/C24H26N2O5/c1-25(15-19-12-16-6-4-5-7-20(16)31-19)21(27)13-24(14-22(28)26(2)23(24)29)17-8-10-18(30-3)11-9-17/h4-11,19H,12-15H2,1-3H3. The second kappa shape index (κ2) is 8.06. The maximum atomic E-state index is 13.2. The summed E-state index contributed by atoms with van der Waals surface area (Å²) in [4.78, 5) is 41.4. The minimum atomic E-state index is -1.21. The quantitative estimate of drug-likeness (QED) is 0.667. The Morgan fingerprint density at radius 1 is 1.19 bits per heavy atom. The third-order valence-electron chi connectivity index (χ3n) is 6.25. The summed E-state index contributed by atoms with van der Waals surface area (Å²) in [6, 6.07) is 14.8. The van der Waals surface area contributed by atoms with E-state index in [4.69, 9.17) is 9.47 Å². The Morgan fingerprint density at radius 2 is 1.90 bits per heavy atom. The van der Waals surface area contributed by atoms with Crippen molar-refractivity contribution in [2.75, 3.05) is 27.7 Å². The van der Waals surface area contributed by atoms with E-state index in [1.807, 2.05) is 24.3 Å². The zero-order valence-electron chi connectivity index (χ0n) is 18.0. The van der Waals surface area contributed by atoms with Gasteiger partial charge in [0.25, 0.3) is 0 Å². The van der Waals surface area contributed by atoms with Crippen LogP contribution in [0.3, 0.4) is 0 Å². The van der Waals surface area contributed by atoms with Gasteiger partial charge in [-0.25, -0.2) is 0 Å². The number of carbonyl (C=O) groups excluding carboxylic acids is 3. The molecule has 1 fully saturated rings. The Labute approximate surface area is 181 Å². The number of carbonyl (C=O) groups is 3. The van der Waals surface area contributed by atoms with E-state index in [2.05, 4.69) is 0 Å². The molecule has 0 N–H and O–H groups in total. The van der Waals surface area contributed by atoms with Crippen LogP contribution < -0.4 is 9.47 Å². The fourth-order valence-corrected chi connectivity index (χ4v) is 4.42. The molecule has 2 aliphatic heterocycles. The van der Waals surface area contributed by atoms with Gasteiger partial charge in [0.1, 0.15) is 17.6 Å². The summed E-state index contributed by atoms with van der Waals surface area (Å²) in [5.74, 6) is 0.651. The largest absolute Gasteiger partial charge is 0.497 e. The zero-order chi connectivity index (χ0) is 22.2. The Morgan fingerprint density at radius 3 is 2.52 bits per heavy atom. The molecule has 2 aromatic carbocycles. The van der Waals surface area contributed by atoms with E-state index in [1.165, 1.54) is 7.05 Å². The monoisotopic (exact) mass is 422 g/mol. The number of ether oxygens (including phenoxy) is 2. The lowest BCUT2D eigenvalue weighted by molar-refractivity contribution is -0.141. The van der Waals surface area contributed by atoms with Gasteiger partial charge in [-0.1, -0.05) is 30.3 Å². The van der Waals surface area contributed by atoms with Crippen molar-refractivity contribution in [3.63, 3.8) is 0 Å². The van der Waals surface area contributed by atoms with Crippen LogP contribution in [0.25, 0.3) is 0 Å². The Hall–Kier alpha value is -3.35. The zero-order valence-corrected chi connectivity index (χ0v) is 18.0. The fraction of sp³-hybridized carbons (Fsp3) is 0.375. The van der Waals surface area contributed by atoms with Gasteiger partial charge in [-0.15, -0.1) is 0 Å². The van der Waals surface area contributed by atoms with Crippen molar-refractivity contribution in [3.8, 4) is 11.5 Å². The molecule has 2 aliphatic rings. The molecule has 7 nitrogen and oxygen atoms in total. The molecule has 31 heavy (non-hydrogen) atoms. The van der Waals surface area contributed by atoms with Crippen molar-refractivity contribution >= 4 is 17.7 Å². The number of rotatable bonds is 6. The summed E-state index contributed by atoms with van der Waals surface area (Å²) < 4.78 is 11.2. The number of imide groups is 1. The SMILES string of the molecule is COc1ccc(C2(CC(=O)N(C)CC3Cc4ccccc4O3)CC(=O)N(C)C2=O)cc1. The van der Waals surface area contributed by atoms with Gasteiger partial charge in [-0.2, -0.15) is 0 Å². The third-order valence-corrected chi connectivity index (χ3v) is 6.25. The molecule has 2 atom stereocenters. The van der Waals surface area contributed by atoms with E-state index < -0.39 is 5.41 Å². The van der Waals surface area contributed by atoms with E-state index in [0.29, 0.717) is 17.9 Å². The molecule has 0 spiro atoms. The van der Waals surface area contributed by atoms with Gasteiger partial charge in [-0.3, -0.25) is 19.3 Å². The first-order valence-electron chi connectivity index (χ1n) is 10.3. The summed E-state index contributed by atoms with van der Waals surface area (Å²) in [6.07, 6.45) is 0.494. The molecule has 0 radical (unpaired) electrons. The topological polar surface area (TPSA) is 76.2 Å². The number of fused-ring (bicyclic) bond motifs is 1. The Balaban J connectivity index is 1.52. The van der Waals surface area contributed by atoms with Gasteiger partial charge < -0.3 is 14.4 Å². The molecule has 2 heterocycles. The number of hydrogen-bond acceptors (Lipinski definition) is 5. The second-order valence-corrected chi connectivity index (χ2v) is 8.25. The molecular weight excluding hydrogens is 396 g/mol. The van der Waals surface area contributed by atoms with Crippen molar-refractivity contribution in [3.05, 3.63) is 59.7 Å². The number of methoxy groups -OCH3 is 1. The summed E-state index contributed by atoms with van der Waals surface area (Å²) >= 11 is 0. The molecule has 162 valence electrons. The van der Waals surface area contributed by atoms with Crippen LogP contribution in [0.4, 0.5) is 0 Å². The predicted octanol–water partition coefficient (Wildman–Crippen LogP) is 2.17. The van der Waals surface area contributed by atoms with Crippen LogP contribution in [0.15, 0.2) is 48.5 Å². The number of para-hydroxylation sites is 1. The van der Waals surface area contributed by atoms with E-state index in [0.717, 1.165) is 22.6 Å². The lowest BCUT2D eigenvalue weighted by atomic mass is 9.75. The highest BCUT2D eigenvalue weighted by Crippen LogP contribution is 2.40. The van der Waals surface area contributed by atoms with Crippen molar-refractivity contribution in [1.29, 1.82) is 0 Å². The first-order valence-corrected chi connectivity index (χ1v) is 10.3. The van der Waals surface area contributed by atoms with Gasteiger partial charge in [0.05, 0.1) is 19.1 Å². The average molecular weight is 422 g/mol. The minimum Gasteiger partial charge on any atom is -0.497 e. The first kappa shape index (κ1) is 20.9. The van der Waals surface area contributed by atoms with Crippen LogP contribution in [-0.2, 0) is 26.2 Å². The average Bonchev–Trinajstić information content (AvgIpc) is 3.28. The molecule has 0 aliphatic carbocycles. The van der Waals surface area contributed by atoms with Crippen LogP contribution in [0.1, 0.15) is 24.0 Å². The lowest BCUT2D eigenvalue weighted by Crippen LogP contribution is -2.43. The molecule has 4 rings (SSSR count). The summed E-state index contributed by atoms with van der Waals surface area (Å²) in [7, 11) is 4.74. The molecule has 0 aromatic heterocycles. The highest BCUT2D eigenvalue weighted by Gasteiger charge is 2.52. The summed E-state index contributed by atoms with van der Waals surface area (Å²) in [5, 5.41) is 0. The van der Waals surface area contributed by atoms with Crippen molar-refractivity contribution in [2.45, 2.75) is 30.8 Å². The van der Waals surface area contributed by atoms with E-state index in [1.54, 1.807) is 43.3 Å². The van der Waals surface area contributed by atoms with Crippen LogP contribution in [0.2, 0.25) is 0 Å². The summed E-state index contributed by atoms with van der Waals surface area (Å²) in [6.45, 7) is 0.407. The van der Waals surface area contributed by atoms with Crippen molar-refractivity contribution in [2.24, 2.45) is 0 Å². The molecule has 2 aromatic rings. The number of hydrogen-bond donors (Lipinski definition) is 0. The second-order valence-electron chi connectivity index (χ2n) is 8.25. The molecule has 7 heteroatoms. The number of nitrogens with zero attached hydrogens (tertiary/aromatic N) is 2. The maximum Gasteiger partial charge on any atom is 0.240 e. The van der Waals surface area contributed by atoms with Crippen molar-refractivity contribution in [1.82, 2.24) is 9.80 Å². The van der Waals surface area contributed by atoms with Gasteiger partial charge in [0, 0.05) is 33.4 Å². The van der Waals surface area contributed by atoms with Gasteiger partial charge in [-0.05, 0) is 29.3 Å². The van der Waals surface area contributed by atoms with Crippen LogP contribution >= 0.6 is 0 Å². The highest BCUT2D eigenvalue weighted by atomic mass is 16.5. The van der Waals surface area contributed by atoms with E-state index >= 15 is 0 Å². The third kappa shape index (κ3) is 3.76. The van der Waals surface area contributed by atoms with E-state index in [-0.39, 0.29) is 36.7 Å². The number of benzene rings is 2. The molecule has 2 unspecified atom stereocenters. The fourth-order valence-electron chi connectivity index (χ4n) is 4.42. The first-order chi connectivity index (χ1) is 14.8. The van der Waals surface area contributed by atoms with Crippen LogP contribution in [-0.4, -0.2) is 61.4 Å². The van der Waals surface area contributed by atoms with Crippen LogP contribution in [0, 0.1) is 0 Å². The maximum absolute atomic E-state index is 13.2. The molecule has 1 saturated heterocycles. The highest BCUT2D eigenvalue weighted by molar-refractivity contribution is 6.10. The predicted molar refractivity (Wildman–Crippen MR) is 114 cm³/mol. The smallest absolute Gasteiger partial charge is 0.240 e. The number of amides is 3. The molecule has 3 amide bonds. The lowest BCUT2D eigenvalue weighted by Gasteiger charge is -2.29. The van der Waals surface area contributed by atoms with Gasteiger partial charge in [0.2, 0.25) is 17.7 Å². The number of likely N-dealkylation sites (N-methyl/N-ethyl adjacent to an activating group) is 2. The minimum absolute atomic E-state index is 0.0282. The van der Waals surface area contributed by atoms with E-state index in [9.17, 15) is 14.4 Å². The molecule has 0 saturated carbocycles. The van der Waals surface area contributed by atoms with Gasteiger partial charge in [0.15, 0.2) is 0 Å².